The van der Waals surface area contributed by atoms with Crippen LogP contribution in [0, 0.1) is 5.82 Å². The van der Waals surface area contributed by atoms with Gasteiger partial charge in [-0.15, -0.1) is 10.2 Å². The van der Waals surface area contributed by atoms with Crippen LogP contribution in [0.4, 0.5) is 9.52 Å². The minimum atomic E-state index is -0.297. The molecule has 2 heterocycles. The highest BCUT2D eigenvalue weighted by Gasteiger charge is 2.26. The molecule has 0 radical (unpaired) electrons. The Morgan fingerprint density at radius 2 is 2.04 bits per heavy atom. The maximum atomic E-state index is 13.3. The molecule has 0 saturated heterocycles. The van der Waals surface area contributed by atoms with Crippen LogP contribution in [0.3, 0.4) is 0 Å². The van der Waals surface area contributed by atoms with Gasteiger partial charge in [0.1, 0.15) is 5.82 Å². The molecule has 0 fully saturated rings. The van der Waals surface area contributed by atoms with E-state index in [9.17, 15) is 9.18 Å². The number of nitrogens with zero attached hydrogens (tertiary/aromatic N) is 4. The molecule has 0 saturated carbocycles. The quantitative estimate of drug-likeness (QED) is 0.513. The molecule has 9 heteroatoms. The first-order valence-electron chi connectivity index (χ1n) is 8.80. The molecule has 1 N–H and O–H groups in total. The zero-order valence-electron chi connectivity index (χ0n) is 14.7. The fraction of sp³-hybridized carbons (Fsp3) is 0.333. The van der Waals surface area contributed by atoms with Crippen molar-refractivity contribution in [2.45, 2.75) is 36.9 Å². The first-order valence-corrected chi connectivity index (χ1v) is 10.6. The average Bonchev–Trinajstić information content (AvgIpc) is 3.27. The third kappa shape index (κ3) is 3.74. The second kappa shape index (κ2) is 7.77. The second-order valence-electron chi connectivity index (χ2n) is 6.13. The van der Waals surface area contributed by atoms with Gasteiger partial charge in [-0.05, 0) is 55.7 Å². The lowest BCUT2D eigenvalue weighted by Crippen LogP contribution is -2.15. The molecular formula is C18H18FN5OS2. The van der Waals surface area contributed by atoms with E-state index in [1.165, 1.54) is 23.5 Å². The fourth-order valence-electron chi connectivity index (χ4n) is 3.18. The largest absolute Gasteiger partial charge is 0.295 e. The summed E-state index contributed by atoms with van der Waals surface area (Å²) in [5.74, 6) is 0.325. The minimum absolute atomic E-state index is 0.279. The molecule has 4 rings (SSSR count). The predicted octanol–water partition coefficient (Wildman–Crippen LogP) is 4.11. The molecule has 6 nitrogen and oxygen atoms in total. The molecule has 0 bridgehead atoms. The summed E-state index contributed by atoms with van der Waals surface area (Å²) < 4.78 is 15.9. The van der Waals surface area contributed by atoms with Gasteiger partial charge >= 0.3 is 0 Å². The van der Waals surface area contributed by atoms with E-state index >= 15 is 0 Å². The number of hydrogen-bond acceptors (Lipinski definition) is 6. The van der Waals surface area contributed by atoms with E-state index in [1.807, 2.05) is 6.92 Å². The standard InChI is InChI=1S/C18H18FN5OS2/c1-2-26-18-22-21-17(27-18)20-16(25)15-13-5-3-4-6-14(13)24(23-15)12-9-7-11(19)8-10-12/h7-10H,2-6H2,1H3,(H,20,21,25). The van der Waals surface area contributed by atoms with E-state index in [-0.39, 0.29) is 11.7 Å². The second-order valence-corrected chi connectivity index (χ2v) is 8.62. The molecule has 0 unspecified atom stereocenters. The van der Waals surface area contributed by atoms with Gasteiger partial charge < -0.3 is 0 Å². The molecule has 1 aromatic carbocycles. The number of rotatable bonds is 5. The Hall–Kier alpha value is -2.26. The highest BCUT2D eigenvalue weighted by molar-refractivity contribution is 8.01. The first-order chi connectivity index (χ1) is 13.2. The molecule has 2 aromatic heterocycles. The topological polar surface area (TPSA) is 72.7 Å². The fourth-order valence-corrected chi connectivity index (χ4v) is 4.82. The summed E-state index contributed by atoms with van der Waals surface area (Å²) in [6, 6.07) is 6.16. The molecule has 0 atom stereocenters. The van der Waals surface area contributed by atoms with Crippen molar-refractivity contribution in [3.8, 4) is 5.69 Å². The van der Waals surface area contributed by atoms with E-state index in [0.29, 0.717) is 10.8 Å². The number of carbonyl (C=O) groups is 1. The summed E-state index contributed by atoms with van der Waals surface area (Å²) in [4.78, 5) is 12.8. The summed E-state index contributed by atoms with van der Waals surface area (Å²) >= 11 is 2.94. The molecule has 1 amide bonds. The number of aromatic nitrogens is 4. The van der Waals surface area contributed by atoms with Gasteiger partial charge in [-0.1, -0.05) is 30.0 Å². The number of fused-ring (bicyclic) bond motifs is 1. The summed E-state index contributed by atoms with van der Waals surface area (Å²) in [6.45, 7) is 2.04. The molecule has 0 spiro atoms. The van der Waals surface area contributed by atoms with Crippen LogP contribution >= 0.6 is 23.1 Å². The maximum Gasteiger partial charge on any atom is 0.278 e. The van der Waals surface area contributed by atoms with E-state index in [0.717, 1.165) is 52.7 Å². The van der Waals surface area contributed by atoms with Crippen molar-refractivity contribution in [1.29, 1.82) is 0 Å². The van der Waals surface area contributed by atoms with Crippen LogP contribution in [0.5, 0.6) is 0 Å². The lowest BCUT2D eigenvalue weighted by molar-refractivity contribution is 0.102. The van der Waals surface area contributed by atoms with Gasteiger partial charge in [0, 0.05) is 11.3 Å². The van der Waals surface area contributed by atoms with Crippen LogP contribution in [-0.2, 0) is 12.8 Å². The van der Waals surface area contributed by atoms with Crippen LogP contribution in [0.2, 0.25) is 0 Å². The average molecular weight is 404 g/mol. The highest BCUT2D eigenvalue weighted by Crippen LogP contribution is 2.29. The summed E-state index contributed by atoms with van der Waals surface area (Å²) in [7, 11) is 0. The molecular weight excluding hydrogens is 385 g/mol. The predicted molar refractivity (Wildman–Crippen MR) is 104 cm³/mol. The van der Waals surface area contributed by atoms with Gasteiger partial charge in [-0.25, -0.2) is 9.07 Å². The summed E-state index contributed by atoms with van der Waals surface area (Å²) in [5, 5.41) is 15.9. The number of halogens is 1. The van der Waals surface area contributed by atoms with Crippen LogP contribution in [0.25, 0.3) is 5.69 Å². The molecule has 27 heavy (non-hydrogen) atoms. The van der Waals surface area contributed by atoms with Gasteiger partial charge in [0.2, 0.25) is 5.13 Å². The zero-order valence-corrected chi connectivity index (χ0v) is 16.4. The molecule has 0 aliphatic heterocycles. The normalized spacial score (nSPS) is 13.4. The van der Waals surface area contributed by atoms with Crippen molar-refractivity contribution in [2.24, 2.45) is 0 Å². The van der Waals surface area contributed by atoms with E-state index in [4.69, 9.17) is 0 Å². The highest BCUT2D eigenvalue weighted by atomic mass is 32.2. The Morgan fingerprint density at radius 1 is 1.26 bits per heavy atom. The monoisotopic (exact) mass is 403 g/mol. The lowest BCUT2D eigenvalue weighted by Gasteiger charge is -2.14. The van der Waals surface area contributed by atoms with Crippen molar-refractivity contribution in [2.75, 3.05) is 11.1 Å². The van der Waals surface area contributed by atoms with Crippen LogP contribution in [0.15, 0.2) is 28.6 Å². The zero-order chi connectivity index (χ0) is 18.8. The van der Waals surface area contributed by atoms with Crippen LogP contribution < -0.4 is 5.32 Å². The minimum Gasteiger partial charge on any atom is -0.295 e. The number of amides is 1. The van der Waals surface area contributed by atoms with Gasteiger partial charge in [0.05, 0.1) is 5.69 Å². The first kappa shape index (κ1) is 18.1. The van der Waals surface area contributed by atoms with Crippen molar-refractivity contribution >= 4 is 34.1 Å². The smallest absolute Gasteiger partial charge is 0.278 e. The Labute approximate surface area is 164 Å². The third-order valence-electron chi connectivity index (χ3n) is 4.36. The van der Waals surface area contributed by atoms with E-state index in [2.05, 4.69) is 20.6 Å². The van der Waals surface area contributed by atoms with Gasteiger partial charge in [0.15, 0.2) is 10.0 Å². The van der Waals surface area contributed by atoms with Crippen LogP contribution in [0.1, 0.15) is 41.5 Å². The number of nitrogens with one attached hydrogen (secondary N) is 1. The Kier molecular flexibility index (Phi) is 5.22. The Morgan fingerprint density at radius 3 is 2.81 bits per heavy atom. The number of benzene rings is 1. The Balaban J connectivity index is 1.65. The number of carbonyl (C=O) groups excluding carboxylic acids is 1. The SMILES string of the molecule is CCSc1nnc(NC(=O)c2nn(-c3ccc(F)cc3)c3c2CCCC3)s1. The number of thioether (sulfide) groups is 1. The number of hydrogen-bond donors (Lipinski definition) is 1. The summed E-state index contributed by atoms with van der Waals surface area (Å²) in [5.41, 5.74) is 3.16. The number of anilines is 1. The van der Waals surface area contributed by atoms with Gasteiger partial charge in [-0.3, -0.25) is 10.1 Å². The van der Waals surface area contributed by atoms with Crippen molar-refractivity contribution in [1.82, 2.24) is 20.0 Å². The van der Waals surface area contributed by atoms with Crippen LogP contribution in [-0.4, -0.2) is 31.6 Å². The van der Waals surface area contributed by atoms with Crippen molar-refractivity contribution in [3.63, 3.8) is 0 Å². The molecule has 1 aliphatic carbocycles. The lowest BCUT2D eigenvalue weighted by atomic mass is 9.95. The molecule has 3 aromatic rings. The molecule has 1 aliphatic rings. The van der Waals surface area contributed by atoms with Crippen molar-refractivity contribution in [3.05, 3.63) is 47.0 Å². The third-order valence-corrected chi connectivity index (χ3v) is 6.22. The maximum absolute atomic E-state index is 13.3. The Bertz CT molecular complexity index is 967. The molecule has 140 valence electrons. The van der Waals surface area contributed by atoms with E-state index < -0.39 is 0 Å². The van der Waals surface area contributed by atoms with Gasteiger partial charge in [-0.2, -0.15) is 5.10 Å². The van der Waals surface area contributed by atoms with Crippen molar-refractivity contribution < 1.29 is 9.18 Å². The summed E-state index contributed by atoms with van der Waals surface area (Å²) in [6.07, 6.45) is 3.74. The van der Waals surface area contributed by atoms with Gasteiger partial charge in [0.25, 0.3) is 5.91 Å². The van der Waals surface area contributed by atoms with E-state index in [1.54, 1.807) is 28.6 Å².